The van der Waals surface area contributed by atoms with Crippen LogP contribution in [0.3, 0.4) is 0 Å². The van der Waals surface area contributed by atoms with E-state index < -0.39 is 17.6 Å². The lowest BCUT2D eigenvalue weighted by molar-refractivity contribution is -0.137. The number of nitrogens with one attached hydrogen (secondary N) is 1. The normalized spacial score (nSPS) is 14.9. The Labute approximate surface area is 170 Å². The Kier molecular flexibility index (Phi) is 4.97. The fourth-order valence-corrected chi connectivity index (χ4v) is 3.69. The molecule has 9 heteroatoms. The van der Waals surface area contributed by atoms with Crippen LogP contribution in [-0.4, -0.2) is 58.0 Å². The number of carbonyl (C=O) groups is 2. The van der Waals surface area contributed by atoms with Gasteiger partial charge in [0.05, 0.1) is 22.8 Å². The highest BCUT2D eigenvalue weighted by atomic mass is 19.4. The van der Waals surface area contributed by atoms with E-state index in [0.717, 1.165) is 28.6 Å². The molecule has 0 unspecified atom stereocenters. The summed E-state index contributed by atoms with van der Waals surface area (Å²) >= 11 is 0. The Balaban J connectivity index is 1.47. The summed E-state index contributed by atoms with van der Waals surface area (Å²) in [6.07, 6.45) is -2.89. The lowest BCUT2D eigenvalue weighted by Crippen LogP contribution is -2.50. The van der Waals surface area contributed by atoms with Crippen molar-refractivity contribution in [3.63, 3.8) is 0 Å². The number of hydrogen-bond donors (Lipinski definition) is 1. The zero-order chi connectivity index (χ0) is 21.5. The molecule has 1 aliphatic rings. The number of H-pyrrole nitrogens is 1. The molecular weight excluding hydrogens is 397 g/mol. The van der Waals surface area contributed by atoms with Crippen molar-refractivity contribution < 1.29 is 22.8 Å². The molecule has 1 aliphatic heterocycles. The van der Waals surface area contributed by atoms with Gasteiger partial charge in [-0.25, -0.2) is 0 Å². The molecule has 30 heavy (non-hydrogen) atoms. The molecule has 0 saturated carbocycles. The quantitative estimate of drug-likeness (QED) is 0.695. The van der Waals surface area contributed by atoms with E-state index in [1.165, 1.54) is 17.0 Å². The fourth-order valence-electron chi connectivity index (χ4n) is 3.69. The van der Waals surface area contributed by atoms with Crippen molar-refractivity contribution in [2.24, 2.45) is 0 Å². The smallest absolute Gasteiger partial charge is 0.335 e. The molecule has 0 bridgehead atoms. The number of carbonyl (C=O) groups excluding carboxylic acids is 2. The highest BCUT2D eigenvalue weighted by molar-refractivity contribution is 6.07. The lowest BCUT2D eigenvalue weighted by Gasteiger charge is -2.35. The van der Waals surface area contributed by atoms with Crippen LogP contribution in [0.4, 0.5) is 13.2 Å². The zero-order valence-corrected chi connectivity index (χ0v) is 16.2. The minimum atomic E-state index is -4.51. The highest BCUT2D eigenvalue weighted by Crippen LogP contribution is 2.30. The molecule has 0 radical (unpaired) electrons. The number of amides is 2. The second-order valence-electron chi connectivity index (χ2n) is 7.25. The van der Waals surface area contributed by atoms with Gasteiger partial charge in [0.2, 0.25) is 0 Å². The van der Waals surface area contributed by atoms with Gasteiger partial charge in [-0.1, -0.05) is 12.1 Å². The SMILES string of the molecule is Cc1ccc2[nH]ncc2c1C(=O)N1CCN(C(=O)c2cccc(C(F)(F)F)c2)CC1. The molecule has 3 aromatic rings. The van der Waals surface area contributed by atoms with E-state index in [1.54, 1.807) is 11.1 Å². The Hall–Kier alpha value is -3.36. The van der Waals surface area contributed by atoms with Crippen LogP contribution >= 0.6 is 0 Å². The molecule has 2 aromatic carbocycles. The van der Waals surface area contributed by atoms with Crippen LogP contribution in [0.25, 0.3) is 10.9 Å². The van der Waals surface area contributed by atoms with Crippen molar-refractivity contribution in [1.29, 1.82) is 0 Å². The van der Waals surface area contributed by atoms with Gasteiger partial charge < -0.3 is 9.80 Å². The molecule has 2 heterocycles. The number of rotatable bonds is 2. The van der Waals surface area contributed by atoms with Gasteiger partial charge >= 0.3 is 6.18 Å². The van der Waals surface area contributed by atoms with Crippen molar-refractivity contribution in [2.75, 3.05) is 26.2 Å². The molecule has 2 amide bonds. The first-order valence-electron chi connectivity index (χ1n) is 9.44. The van der Waals surface area contributed by atoms with Gasteiger partial charge in [0.25, 0.3) is 11.8 Å². The van der Waals surface area contributed by atoms with Crippen molar-refractivity contribution >= 4 is 22.7 Å². The lowest BCUT2D eigenvalue weighted by atomic mass is 10.0. The van der Waals surface area contributed by atoms with E-state index in [0.29, 0.717) is 18.7 Å². The standard InChI is InChI=1S/C21H19F3N4O2/c1-13-5-6-17-16(12-25-26-17)18(13)20(30)28-9-7-27(8-10-28)19(29)14-3-2-4-15(11-14)21(22,23)24/h2-6,11-12H,7-10H2,1H3,(H,25,26). The van der Waals surface area contributed by atoms with Gasteiger partial charge in [-0.05, 0) is 36.8 Å². The van der Waals surface area contributed by atoms with E-state index in [-0.39, 0.29) is 24.6 Å². The van der Waals surface area contributed by atoms with Crippen molar-refractivity contribution in [3.05, 3.63) is 64.8 Å². The summed E-state index contributed by atoms with van der Waals surface area (Å²) in [5, 5.41) is 7.58. The topological polar surface area (TPSA) is 69.3 Å². The Morgan fingerprint density at radius 3 is 2.33 bits per heavy atom. The number of fused-ring (bicyclic) bond motifs is 1. The van der Waals surface area contributed by atoms with Gasteiger partial charge in [-0.15, -0.1) is 0 Å². The number of aromatic nitrogens is 2. The summed E-state index contributed by atoms with van der Waals surface area (Å²) in [5.41, 5.74) is 1.30. The van der Waals surface area contributed by atoms with Crippen LogP contribution in [0.5, 0.6) is 0 Å². The van der Waals surface area contributed by atoms with Gasteiger partial charge in [0, 0.05) is 37.1 Å². The number of aryl methyl sites for hydroxylation is 1. The van der Waals surface area contributed by atoms with E-state index in [2.05, 4.69) is 10.2 Å². The molecule has 0 atom stereocenters. The molecule has 1 aromatic heterocycles. The number of hydrogen-bond acceptors (Lipinski definition) is 3. The minimum absolute atomic E-state index is 0.0105. The second kappa shape index (κ2) is 7.47. The maximum Gasteiger partial charge on any atom is 0.416 e. The molecular formula is C21H19F3N4O2. The Morgan fingerprint density at radius 1 is 1.00 bits per heavy atom. The summed E-state index contributed by atoms with van der Waals surface area (Å²) in [7, 11) is 0. The van der Waals surface area contributed by atoms with Crippen LogP contribution in [0.2, 0.25) is 0 Å². The van der Waals surface area contributed by atoms with Crippen LogP contribution in [-0.2, 0) is 6.18 Å². The highest BCUT2D eigenvalue weighted by Gasteiger charge is 2.32. The molecule has 0 aliphatic carbocycles. The second-order valence-corrected chi connectivity index (χ2v) is 7.25. The number of halogens is 3. The summed E-state index contributed by atoms with van der Waals surface area (Å²) in [6.45, 7) is 2.96. The predicted octanol–water partition coefficient (Wildman–Crippen LogP) is 3.49. The summed E-state index contributed by atoms with van der Waals surface area (Å²) < 4.78 is 38.8. The number of alkyl halides is 3. The third-order valence-electron chi connectivity index (χ3n) is 5.34. The molecule has 1 saturated heterocycles. The fraction of sp³-hybridized carbons (Fsp3) is 0.286. The van der Waals surface area contributed by atoms with Crippen molar-refractivity contribution in [3.8, 4) is 0 Å². The molecule has 156 valence electrons. The number of benzene rings is 2. The van der Waals surface area contributed by atoms with E-state index in [4.69, 9.17) is 0 Å². The molecule has 0 spiro atoms. The molecule has 4 rings (SSSR count). The Bertz CT molecular complexity index is 1110. The maximum atomic E-state index is 13.1. The van der Waals surface area contributed by atoms with Crippen LogP contribution in [0.15, 0.2) is 42.6 Å². The number of piperazine rings is 1. The maximum absolute atomic E-state index is 13.1. The average molecular weight is 416 g/mol. The van der Waals surface area contributed by atoms with Gasteiger partial charge in [0.15, 0.2) is 0 Å². The van der Waals surface area contributed by atoms with Gasteiger partial charge in [-0.3, -0.25) is 14.7 Å². The van der Waals surface area contributed by atoms with Crippen molar-refractivity contribution in [1.82, 2.24) is 20.0 Å². The van der Waals surface area contributed by atoms with Crippen LogP contribution in [0.1, 0.15) is 31.8 Å². The van der Waals surface area contributed by atoms with Crippen LogP contribution in [0, 0.1) is 6.92 Å². The molecule has 6 nitrogen and oxygen atoms in total. The monoisotopic (exact) mass is 416 g/mol. The average Bonchev–Trinajstić information content (AvgIpc) is 3.21. The van der Waals surface area contributed by atoms with Gasteiger partial charge in [0.1, 0.15) is 0 Å². The summed E-state index contributed by atoms with van der Waals surface area (Å²) in [5.74, 6) is -0.619. The zero-order valence-electron chi connectivity index (χ0n) is 16.2. The molecule has 1 fully saturated rings. The summed E-state index contributed by atoms with van der Waals surface area (Å²) in [4.78, 5) is 28.9. The number of aromatic amines is 1. The first-order chi connectivity index (χ1) is 14.3. The van der Waals surface area contributed by atoms with Crippen molar-refractivity contribution in [2.45, 2.75) is 13.1 Å². The van der Waals surface area contributed by atoms with E-state index in [9.17, 15) is 22.8 Å². The molecule has 1 N–H and O–H groups in total. The first-order valence-corrected chi connectivity index (χ1v) is 9.44. The van der Waals surface area contributed by atoms with Gasteiger partial charge in [-0.2, -0.15) is 18.3 Å². The van der Waals surface area contributed by atoms with E-state index in [1.807, 2.05) is 19.1 Å². The van der Waals surface area contributed by atoms with E-state index >= 15 is 0 Å². The first kappa shape index (κ1) is 19.9. The number of nitrogens with zero attached hydrogens (tertiary/aromatic N) is 3. The largest absolute Gasteiger partial charge is 0.416 e. The summed E-state index contributed by atoms with van der Waals surface area (Å²) in [6, 6.07) is 8.11. The third kappa shape index (κ3) is 3.62. The predicted molar refractivity (Wildman–Crippen MR) is 104 cm³/mol. The third-order valence-corrected chi connectivity index (χ3v) is 5.34. The Morgan fingerprint density at radius 2 is 1.67 bits per heavy atom. The van der Waals surface area contributed by atoms with Crippen LogP contribution < -0.4 is 0 Å². The minimum Gasteiger partial charge on any atom is -0.335 e.